The fourth-order valence-electron chi connectivity index (χ4n) is 3.16. The number of methoxy groups -OCH3 is 1. The normalized spacial score (nSPS) is 12.4. The van der Waals surface area contributed by atoms with E-state index in [-0.39, 0.29) is 11.8 Å². The molecular weight excluding hydrogens is 452 g/mol. The second-order valence-electron chi connectivity index (χ2n) is 8.03. The van der Waals surface area contributed by atoms with E-state index in [1.807, 2.05) is 57.1 Å². The molecule has 3 amide bonds. The lowest BCUT2D eigenvalue weighted by atomic mass is 9.98. The Morgan fingerprint density at radius 3 is 2.29 bits per heavy atom. The van der Waals surface area contributed by atoms with Gasteiger partial charge < -0.3 is 20.3 Å². The summed E-state index contributed by atoms with van der Waals surface area (Å²) in [6.07, 6.45) is 0.709. The highest BCUT2D eigenvalue weighted by atomic mass is 32.1. The van der Waals surface area contributed by atoms with E-state index in [0.717, 1.165) is 11.3 Å². The summed E-state index contributed by atoms with van der Waals surface area (Å²) in [5.74, 6) is 0.255. The minimum Gasteiger partial charge on any atom is -0.497 e. The van der Waals surface area contributed by atoms with Crippen molar-refractivity contribution in [2.24, 2.45) is 5.92 Å². The van der Waals surface area contributed by atoms with Crippen molar-refractivity contribution >= 4 is 39.8 Å². The lowest BCUT2D eigenvalue weighted by molar-refractivity contribution is -0.119. The summed E-state index contributed by atoms with van der Waals surface area (Å²) in [5, 5.41) is 17.7. The molecule has 2 aromatic carbocycles. The van der Waals surface area contributed by atoms with Crippen molar-refractivity contribution in [2.75, 3.05) is 36.7 Å². The number of carbonyl (C=O) groups is 2. The van der Waals surface area contributed by atoms with E-state index in [9.17, 15) is 9.59 Å². The van der Waals surface area contributed by atoms with Gasteiger partial charge in [0, 0.05) is 31.0 Å². The van der Waals surface area contributed by atoms with E-state index in [1.54, 1.807) is 31.4 Å². The molecule has 0 fully saturated rings. The maximum Gasteiger partial charge on any atom is 0.319 e. The summed E-state index contributed by atoms with van der Waals surface area (Å²) in [6, 6.07) is 13.7. The molecule has 1 heterocycles. The summed E-state index contributed by atoms with van der Waals surface area (Å²) >= 11 is 1.28. The maximum atomic E-state index is 13.0. The Morgan fingerprint density at radius 1 is 1.03 bits per heavy atom. The molecule has 0 aliphatic carbocycles. The molecule has 3 rings (SSSR count). The molecule has 3 aromatic rings. The number of aromatic nitrogens is 2. The number of hydrogen-bond acceptors (Lipinski definition) is 7. The molecule has 180 valence electrons. The van der Waals surface area contributed by atoms with Crippen LogP contribution in [0.1, 0.15) is 20.3 Å². The van der Waals surface area contributed by atoms with E-state index in [0.29, 0.717) is 28.0 Å². The van der Waals surface area contributed by atoms with Crippen LogP contribution in [0.5, 0.6) is 5.75 Å². The third-order valence-electron chi connectivity index (χ3n) is 5.42. The van der Waals surface area contributed by atoms with Crippen molar-refractivity contribution in [3.05, 3.63) is 48.5 Å². The van der Waals surface area contributed by atoms with Gasteiger partial charge in [0.1, 0.15) is 16.8 Å². The first-order valence-electron chi connectivity index (χ1n) is 10.9. The van der Waals surface area contributed by atoms with Crippen molar-refractivity contribution in [1.82, 2.24) is 15.5 Å². The van der Waals surface area contributed by atoms with Gasteiger partial charge in [-0.25, -0.2) is 4.79 Å². The first-order chi connectivity index (χ1) is 16.3. The lowest BCUT2D eigenvalue weighted by Crippen LogP contribution is -2.49. The zero-order valence-electron chi connectivity index (χ0n) is 20.0. The molecule has 0 spiro atoms. The number of carbonyl (C=O) groups excluding carboxylic acids is 2. The standard InChI is InChI=1S/C24H30N6O3S/c1-6-15(2)20(26-23(32)25-17-9-13-19(33-5)14-10-17)21(31)27-24-29-28-22(34-24)16-7-11-18(12-8-16)30(3)4/h7-15,20H,6H2,1-5H3,(H2,25,26,32)(H,27,29,31). The summed E-state index contributed by atoms with van der Waals surface area (Å²) in [5.41, 5.74) is 2.59. The van der Waals surface area contributed by atoms with Gasteiger partial charge in [0.2, 0.25) is 11.0 Å². The zero-order chi connectivity index (χ0) is 24.7. The lowest BCUT2D eigenvalue weighted by Gasteiger charge is -2.23. The van der Waals surface area contributed by atoms with Crippen LogP contribution in [0.15, 0.2) is 48.5 Å². The van der Waals surface area contributed by atoms with Crippen LogP contribution in [0.4, 0.5) is 21.3 Å². The average Bonchev–Trinajstić information content (AvgIpc) is 3.31. The molecule has 0 radical (unpaired) electrons. The first-order valence-corrected chi connectivity index (χ1v) is 11.8. The van der Waals surface area contributed by atoms with Crippen LogP contribution in [0.25, 0.3) is 10.6 Å². The number of anilines is 3. The Kier molecular flexibility index (Phi) is 8.42. The quantitative estimate of drug-likeness (QED) is 0.416. The van der Waals surface area contributed by atoms with Crippen LogP contribution in [0.3, 0.4) is 0 Å². The monoisotopic (exact) mass is 482 g/mol. The molecule has 0 bridgehead atoms. The number of amides is 3. The Hall–Kier alpha value is -3.66. The second-order valence-corrected chi connectivity index (χ2v) is 9.01. The number of nitrogens with zero attached hydrogens (tertiary/aromatic N) is 3. The summed E-state index contributed by atoms with van der Waals surface area (Å²) in [4.78, 5) is 27.6. The minimum atomic E-state index is -0.741. The van der Waals surface area contributed by atoms with Crippen molar-refractivity contribution in [2.45, 2.75) is 26.3 Å². The first kappa shape index (κ1) is 25.0. The minimum absolute atomic E-state index is 0.0902. The zero-order valence-corrected chi connectivity index (χ0v) is 20.8. The van der Waals surface area contributed by atoms with Crippen LogP contribution < -0.4 is 25.6 Å². The third kappa shape index (κ3) is 6.44. The van der Waals surface area contributed by atoms with Gasteiger partial charge >= 0.3 is 6.03 Å². The largest absolute Gasteiger partial charge is 0.497 e. The van der Waals surface area contributed by atoms with Gasteiger partial charge in [-0.3, -0.25) is 10.1 Å². The highest BCUT2D eigenvalue weighted by Gasteiger charge is 2.27. The summed E-state index contributed by atoms with van der Waals surface area (Å²) in [7, 11) is 5.53. The predicted octanol–water partition coefficient (Wildman–Crippen LogP) is 4.45. The number of hydrogen-bond donors (Lipinski definition) is 3. The van der Waals surface area contributed by atoms with Crippen molar-refractivity contribution in [3.8, 4) is 16.3 Å². The fourth-order valence-corrected chi connectivity index (χ4v) is 3.91. The van der Waals surface area contributed by atoms with Crippen LogP contribution in [0.2, 0.25) is 0 Å². The molecule has 3 N–H and O–H groups in total. The van der Waals surface area contributed by atoms with E-state index >= 15 is 0 Å². The van der Waals surface area contributed by atoms with Crippen molar-refractivity contribution < 1.29 is 14.3 Å². The molecule has 0 saturated heterocycles. The Labute approximate surface area is 203 Å². The van der Waals surface area contributed by atoms with Gasteiger partial charge in [-0.05, 0) is 54.4 Å². The van der Waals surface area contributed by atoms with Crippen LogP contribution in [-0.2, 0) is 4.79 Å². The molecule has 1 aromatic heterocycles. The Morgan fingerprint density at radius 2 is 1.71 bits per heavy atom. The predicted molar refractivity (Wildman–Crippen MR) is 137 cm³/mol. The molecule has 0 aliphatic rings. The molecule has 0 saturated carbocycles. The van der Waals surface area contributed by atoms with E-state index < -0.39 is 12.1 Å². The van der Waals surface area contributed by atoms with Gasteiger partial charge in [-0.15, -0.1) is 10.2 Å². The maximum absolute atomic E-state index is 13.0. The van der Waals surface area contributed by atoms with Gasteiger partial charge in [-0.2, -0.15) is 0 Å². The number of urea groups is 1. The topological polar surface area (TPSA) is 108 Å². The highest BCUT2D eigenvalue weighted by molar-refractivity contribution is 7.18. The molecule has 34 heavy (non-hydrogen) atoms. The SMILES string of the molecule is CCC(C)C(NC(=O)Nc1ccc(OC)cc1)C(=O)Nc1nnc(-c2ccc(N(C)C)cc2)s1. The number of nitrogens with one attached hydrogen (secondary N) is 3. The van der Waals surface area contributed by atoms with Crippen LogP contribution >= 0.6 is 11.3 Å². The molecule has 0 aliphatic heterocycles. The van der Waals surface area contributed by atoms with Crippen molar-refractivity contribution in [3.63, 3.8) is 0 Å². The molecular formula is C24H30N6O3S. The Bertz CT molecular complexity index is 1100. The fraction of sp³-hybridized carbons (Fsp3) is 0.333. The van der Waals surface area contributed by atoms with E-state index in [4.69, 9.17) is 4.74 Å². The third-order valence-corrected chi connectivity index (χ3v) is 6.30. The smallest absolute Gasteiger partial charge is 0.319 e. The molecule has 10 heteroatoms. The van der Waals surface area contributed by atoms with Crippen LogP contribution in [-0.4, -0.2) is 49.4 Å². The van der Waals surface area contributed by atoms with E-state index in [2.05, 4.69) is 26.1 Å². The molecule has 2 atom stereocenters. The van der Waals surface area contributed by atoms with Gasteiger partial charge in [-0.1, -0.05) is 31.6 Å². The molecule has 2 unspecified atom stereocenters. The number of ether oxygens (including phenoxy) is 1. The van der Waals surface area contributed by atoms with E-state index in [1.165, 1.54) is 11.3 Å². The number of benzene rings is 2. The van der Waals surface area contributed by atoms with Gasteiger partial charge in [0.05, 0.1) is 7.11 Å². The summed E-state index contributed by atoms with van der Waals surface area (Å²) in [6.45, 7) is 3.88. The van der Waals surface area contributed by atoms with Gasteiger partial charge in [0.25, 0.3) is 0 Å². The Balaban J connectivity index is 1.65. The second kappa shape index (κ2) is 11.5. The molecule has 9 nitrogen and oxygen atoms in total. The highest BCUT2D eigenvalue weighted by Crippen LogP contribution is 2.28. The van der Waals surface area contributed by atoms with Gasteiger partial charge in [0.15, 0.2) is 0 Å². The summed E-state index contributed by atoms with van der Waals surface area (Å²) < 4.78 is 5.12. The average molecular weight is 483 g/mol. The van der Waals surface area contributed by atoms with Crippen molar-refractivity contribution in [1.29, 1.82) is 0 Å². The van der Waals surface area contributed by atoms with Crippen LogP contribution in [0, 0.1) is 5.92 Å². The number of rotatable bonds is 9.